The normalized spacial score (nSPS) is 10.1. The van der Waals surface area contributed by atoms with Crippen molar-refractivity contribution in [3.63, 3.8) is 0 Å². The van der Waals surface area contributed by atoms with Gasteiger partial charge < -0.3 is 10.1 Å². The first-order chi connectivity index (χ1) is 8.99. The lowest BCUT2D eigenvalue weighted by atomic mass is 10.2. The molecule has 0 aromatic carbocycles. The zero-order valence-electron chi connectivity index (χ0n) is 11.2. The average Bonchev–Trinajstić information content (AvgIpc) is 2.70. The van der Waals surface area contributed by atoms with E-state index in [2.05, 4.69) is 5.32 Å². The molecule has 1 rings (SSSR count). The van der Waals surface area contributed by atoms with Gasteiger partial charge in [0, 0.05) is 6.42 Å². The minimum absolute atomic E-state index is 0.136. The fourth-order valence-corrected chi connectivity index (χ4v) is 2.42. The topological polar surface area (TPSA) is 72.5 Å². The Morgan fingerprint density at radius 1 is 1.32 bits per heavy atom. The Balaban J connectivity index is 2.82. The van der Waals surface area contributed by atoms with E-state index in [0.29, 0.717) is 17.0 Å². The second kappa shape index (κ2) is 7.04. The number of ether oxygens (including phenoxy) is 1. The van der Waals surface area contributed by atoms with Crippen LogP contribution in [-0.4, -0.2) is 24.3 Å². The zero-order chi connectivity index (χ0) is 14.4. The Kier molecular flexibility index (Phi) is 5.69. The largest absolute Gasteiger partial charge is 0.462 e. The third-order valence-corrected chi connectivity index (χ3v) is 3.47. The number of carbonyl (C=O) groups excluding carboxylic acids is 3. The molecule has 1 aromatic rings. The van der Waals surface area contributed by atoms with Gasteiger partial charge in [-0.05, 0) is 24.8 Å². The van der Waals surface area contributed by atoms with Gasteiger partial charge in [0.1, 0.15) is 10.8 Å². The number of ketones is 1. The molecule has 0 saturated carbocycles. The molecule has 0 aliphatic rings. The molecule has 104 valence electrons. The summed E-state index contributed by atoms with van der Waals surface area (Å²) < 4.78 is 4.94. The van der Waals surface area contributed by atoms with Crippen molar-refractivity contribution < 1.29 is 19.1 Å². The van der Waals surface area contributed by atoms with Gasteiger partial charge in [0.2, 0.25) is 5.91 Å². The maximum atomic E-state index is 11.8. The number of hydrogen-bond acceptors (Lipinski definition) is 5. The minimum Gasteiger partial charge on any atom is -0.462 e. The van der Waals surface area contributed by atoms with Crippen molar-refractivity contribution in [1.29, 1.82) is 0 Å². The summed E-state index contributed by atoms with van der Waals surface area (Å²) in [7, 11) is 0. The van der Waals surface area contributed by atoms with E-state index < -0.39 is 11.9 Å². The maximum absolute atomic E-state index is 11.8. The fourth-order valence-electron chi connectivity index (χ4n) is 1.47. The van der Waals surface area contributed by atoms with Crippen molar-refractivity contribution in [3.05, 3.63) is 16.5 Å². The summed E-state index contributed by atoms with van der Waals surface area (Å²) >= 11 is 1.25. The van der Waals surface area contributed by atoms with Gasteiger partial charge in [0.15, 0.2) is 0 Å². The molecule has 0 fully saturated rings. The highest BCUT2D eigenvalue weighted by Gasteiger charge is 2.20. The first kappa shape index (κ1) is 15.4. The molecular weight excluding hydrogens is 266 g/mol. The van der Waals surface area contributed by atoms with E-state index in [1.807, 2.05) is 0 Å². The van der Waals surface area contributed by atoms with Gasteiger partial charge in [-0.15, -0.1) is 11.3 Å². The predicted octanol–water partition coefficient (Wildman–Crippen LogP) is 2.54. The van der Waals surface area contributed by atoms with Crippen LogP contribution in [0.3, 0.4) is 0 Å². The van der Waals surface area contributed by atoms with Crippen molar-refractivity contribution in [3.8, 4) is 0 Å². The molecule has 0 unspecified atom stereocenters. The summed E-state index contributed by atoms with van der Waals surface area (Å²) in [5.74, 6) is -0.999. The lowest BCUT2D eigenvalue weighted by Crippen LogP contribution is -2.17. The number of thiophene rings is 1. The van der Waals surface area contributed by atoms with Crippen LogP contribution in [0, 0.1) is 6.92 Å². The molecule has 0 atom stereocenters. The Bertz CT molecular complexity index is 493. The van der Waals surface area contributed by atoms with Gasteiger partial charge in [0.25, 0.3) is 0 Å². The van der Waals surface area contributed by atoms with Crippen molar-refractivity contribution in [2.75, 3.05) is 11.9 Å². The second-order valence-corrected chi connectivity index (χ2v) is 4.84. The lowest BCUT2D eigenvalue weighted by molar-refractivity contribution is -0.125. The quantitative estimate of drug-likeness (QED) is 0.643. The highest BCUT2D eigenvalue weighted by Crippen LogP contribution is 2.28. The Labute approximate surface area is 116 Å². The highest BCUT2D eigenvalue weighted by atomic mass is 32.1. The summed E-state index contributed by atoms with van der Waals surface area (Å²) in [6, 6.07) is 0. The average molecular weight is 283 g/mol. The third-order valence-electron chi connectivity index (χ3n) is 2.46. The molecule has 0 bridgehead atoms. The number of aryl methyl sites for hydroxylation is 1. The number of rotatable bonds is 6. The first-order valence-corrected chi connectivity index (χ1v) is 6.94. The monoisotopic (exact) mass is 283 g/mol. The molecule has 6 heteroatoms. The van der Waals surface area contributed by atoms with E-state index in [9.17, 15) is 14.4 Å². The molecule has 0 aliphatic carbocycles. The maximum Gasteiger partial charge on any atom is 0.341 e. The Morgan fingerprint density at radius 2 is 2.00 bits per heavy atom. The van der Waals surface area contributed by atoms with E-state index in [-0.39, 0.29) is 18.8 Å². The van der Waals surface area contributed by atoms with Crippen LogP contribution >= 0.6 is 11.3 Å². The minimum atomic E-state index is -0.460. The number of nitrogens with one attached hydrogen (secondary N) is 1. The fraction of sp³-hybridized carbons (Fsp3) is 0.462. The standard InChI is InChI=1S/C13H17NO4S/c1-4-9(15)6-10(16)14-12-11(8(3)7-19-12)13(17)18-5-2/h7H,4-6H2,1-3H3,(H,14,16). The summed E-state index contributed by atoms with van der Waals surface area (Å²) in [4.78, 5) is 34.6. The summed E-state index contributed by atoms with van der Waals surface area (Å²) in [5.41, 5.74) is 1.12. The first-order valence-electron chi connectivity index (χ1n) is 6.06. The van der Waals surface area contributed by atoms with Crippen LogP contribution in [0.5, 0.6) is 0 Å². The Hall–Kier alpha value is -1.69. The molecule has 0 spiro atoms. The lowest BCUT2D eigenvalue weighted by Gasteiger charge is -2.06. The highest BCUT2D eigenvalue weighted by molar-refractivity contribution is 7.15. The van der Waals surface area contributed by atoms with E-state index in [1.54, 1.807) is 26.2 Å². The molecule has 1 heterocycles. The molecule has 0 saturated heterocycles. The predicted molar refractivity (Wildman–Crippen MR) is 73.6 cm³/mol. The summed E-state index contributed by atoms with van der Waals surface area (Å²) in [6.45, 7) is 5.47. The summed E-state index contributed by atoms with van der Waals surface area (Å²) in [5, 5.41) is 4.80. The van der Waals surface area contributed by atoms with E-state index in [4.69, 9.17) is 4.74 Å². The molecule has 1 amide bonds. The molecule has 1 aromatic heterocycles. The van der Waals surface area contributed by atoms with Gasteiger partial charge >= 0.3 is 5.97 Å². The SMILES string of the molecule is CCOC(=O)c1c(C)csc1NC(=O)CC(=O)CC. The van der Waals surface area contributed by atoms with Crippen LogP contribution < -0.4 is 5.32 Å². The van der Waals surface area contributed by atoms with Gasteiger partial charge in [-0.2, -0.15) is 0 Å². The van der Waals surface area contributed by atoms with Gasteiger partial charge in [-0.1, -0.05) is 6.92 Å². The molecule has 19 heavy (non-hydrogen) atoms. The molecular formula is C13H17NO4S. The van der Waals surface area contributed by atoms with Crippen molar-refractivity contribution in [2.24, 2.45) is 0 Å². The van der Waals surface area contributed by atoms with E-state index >= 15 is 0 Å². The summed E-state index contributed by atoms with van der Waals surface area (Å²) in [6.07, 6.45) is 0.150. The number of hydrogen-bond donors (Lipinski definition) is 1. The number of esters is 1. The number of carbonyl (C=O) groups is 3. The smallest absolute Gasteiger partial charge is 0.341 e. The van der Waals surface area contributed by atoms with Gasteiger partial charge in [0.05, 0.1) is 18.6 Å². The van der Waals surface area contributed by atoms with Crippen molar-refractivity contribution in [2.45, 2.75) is 33.6 Å². The number of anilines is 1. The van der Waals surface area contributed by atoms with Crippen LogP contribution in [0.2, 0.25) is 0 Å². The molecule has 0 aliphatic heterocycles. The van der Waals surface area contributed by atoms with Crippen LogP contribution in [0.25, 0.3) is 0 Å². The zero-order valence-corrected chi connectivity index (χ0v) is 12.1. The number of amides is 1. The van der Waals surface area contributed by atoms with Gasteiger partial charge in [-0.25, -0.2) is 4.79 Å². The van der Waals surface area contributed by atoms with Crippen molar-refractivity contribution in [1.82, 2.24) is 0 Å². The van der Waals surface area contributed by atoms with Crippen LogP contribution in [-0.2, 0) is 14.3 Å². The molecule has 0 radical (unpaired) electrons. The molecule has 1 N–H and O–H groups in total. The van der Waals surface area contributed by atoms with Crippen molar-refractivity contribution >= 4 is 34.0 Å². The second-order valence-electron chi connectivity index (χ2n) is 3.96. The van der Waals surface area contributed by atoms with Crippen LogP contribution in [0.15, 0.2) is 5.38 Å². The van der Waals surface area contributed by atoms with E-state index in [1.165, 1.54) is 11.3 Å². The third kappa shape index (κ3) is 4.17. The van der Waals surface area contributed by atoms with Crippen LogP contribution in [0.4, 0.5) is 5.00 Å². The van der Waals surface area contributed by atoms with Crippen LogP contribution in [0.1, 0.15) is 42.6 Å². The molecule has 5 nitrogen and oxygen atoms in total. The number of Topliss-reactive ketones (excluding diaryl/α,β-unsaturated/α-hetero) is 1. The van der Waals surface area contributed by atoms with E-state index in [0.717, 1.165) is 5.56 Å². The van der Waals surface area contributed by atoms with Gasteiger partial charge in [-0.3, -0.25) is 9.59 Å². The Morgan fingerprint density at radius 3 is 2.58 bits per heavy atom.